The molecule has 2 heterocycles. The fourth-order valence-corrected chi connectivity index (χ4v) is 6.56. The molecule has 1 aliphatic heterocycles. The average Bonchev–Trinajstić information content (AvgIpc) is 3.50. The van der Waals surface area contributed by atoms with Crippen molar-refractivity contribution in [2.45, 2.75) is 54.2 Å². The first-order valence-corrected chi connectivity index (χ1v) is 14.2. The van der Waals surface area contributed by atoms with E-state index in [4.69, 9.17) is 4.42 Å². The molecule has 4 rings (SSSR count). The lowest BCUT2D eigenvalue weighted by molar-refractivity contribution is -0.119. The number of aromatic nitrogens is 2. The van der Waals surface area contributed by atoms with Crippen LogP contribution in [0.1, 0.15) is 38.1 Å². The number of carbonyl (C=O) groups excluding carboxylic acids is 1. The molecule has 13 heteroatoms. The van der Waals surface area contributed by atoms with Crippen molar-refractivity contribution in [1.29, 1.82) is 0 Å². The number of carbonyl (C=O) groups is 1. The standard InChI is InChI=1S/C23H25FN4O6S2/c1-15(2)35(30,31)18-9-5-16(6-10-18)14-21-26-27-23(34-21)25-22(29)20-4-3-13-28(20)36(32,33)19-11-7-17(24)8-12-19/h5-12,15,20H,3-4,13-14H2,1-2H3,(H,25,27,29). The highest BCUT2D eigenvalue weighted by Gasteiger charge is 2.40. The lowest BCUT2D eigenvalue weighted by Gasteiger charge is -2.22. The second-order valence-electron chi connectivity index (χ2n) is 8.63. The normalized spacial score (nSPS) is 16.9. The van der Waals surface area contributed by atoms with Gasteiger partial charge in [0.15, 0.2) is 9.84 Å². The first-order valence-electron chi connectivity index (χ1n) is 11.2. The van der Waals surface area contributed by atoms with Gasteiger partial charge in [-0.25, -0.2) is 21.2 Å². The molecule has 1 amide bonds. The van der Waals surface area contributed by atoms with Crippen LogP contribution < -0.4 is 5.32 Å². The third kappa shape index (κ3) is 5.32. The van der Waals surface area contributed by atoms with Crippen molar-refractivity contribution in [1.82, 2.24) is 14.5 Å². The van der Waals surface area contributed by atoms with Crippen LogP contribution in [0.2, 0.25) is 0 Å². The van der Waals surface area contributed by atoms with Gasteiger partial charge in [0.05, 0.1) is 21.5 Å². The molecule has 3 aromatic rings. The van der Waals surface area contributed by atoms with Crippen molar-refractivity contribution in [3.05, 3.63) is 65.8 Å². The minimum Gasteiger partial charge on any atom is -0.407 e. The molecule has 192 valence electrons. The highest BCUT2D eigenvalue weighted by Crippen LogP contribution is 2.27. The largest absolute Gasteiger partial charge is 0.407 e. The molecule has 1 aliphatic rings. The summed E-state index contributed by atoms with van der Waals surface area (Å²) in [5.74, 6) is -0.989. The number of hydrogen-bond acceptors (Lipinski definition) is 8. The predicted octanol–water partition coefficient (Wildman–Crippen LogP) is 2.77. The molecule has 36 heavy (non-hydrogen) atoms. The molecule has 0 saturated carbocycles. The van der Waals surface area contributed by atoms with E-state index < -0.39 is 42.9 Å². The van der Waals surface area contributed by atoms with Crippen LogP contribution in [-0.2, 0) is 31.1 Å². The number of anilines is 1. The molecule has 1 N–H and O–H groups in total. The highest BCUT2D eigenvalue weighted by atomic mass is 32.2. The molecule has 2 aromatic carbocycles. The maximum atomic E-state index is 13.2. The van der Waals surface area contributed by atoms with Crippen LogP contribution in [0, 0.1) is 5.82 Å². The molecule has 1 atom stereocenters. The van der Waals surface area contributed by atoms with E-state index in [1.54, 1.807) is 26.0 Å². The zero-order chi connectivity index (χ0) is 26.1. The van der Waals surface area contributed by atoms with Crippen molar-refractivity contribution in [2.24, 2.45) is 0 Å². The number of hydrogen-bond donors (Lipinski definition) is 1. The Labute approximate surface area is 208 Å². The summed E-state index contributed by atoms with van der Waals surface area (Å²) in [6, 6.07) is 9.58. The molecule has 1 saturated heterocycles. The number of halogens is 1. The van der Waals surface area contributed by atoms with Crippen molar-refractivity contribution in [3.8, 4) is 0 Å². The van der Waals surface area contributed by atoms with Crippen LogP contribution in [-0.4, -0.2) is 55.1 Å². The molecule has 0 radical (unpaired) electrons. The minimum atomic E-state index is -4.00. The first kappa shape index (κ1) is 25.9. The van der Waals surface area contributed by atoms with Crippen LogP contribution >= 0.6 is 0 Å². The summed E-state index contributed by atoms with van der Waals surface area (Å²) in [4.78, 5) is 13.0. The Bertz CT molecular complexity index is 1450. The number of nitrogens with one attached hydrogen (secondary N) is 1. The van der Waals surface area contributed by atoms with E-state index in [1.165, 1.54) is 12.1 Å². The van der Waals surface area contributed by atoms with E-state index in [0.29, 0.717) is 12.8 Å². The van der Waals surface area contributed by atoms with E-state index in [-0.39, 0.29) is 34.7 Å². The molecule has 0 bridgehead atoms. The van der Waals surface area contributed by atoms with Gasteiger partial charge in [0, 0.05) is 6.54 Å². The van der Waals surface area contributed by atoms with Gasteiger partial charge in [0.1, 0.15) is 11.9 Å². The predicted molar refractivity (Wildman–Crippen MR) is 128 cm³/mol. The number of sulfonamides is 1. The highest BCUT2D eigenvalue weighted by molar-refractivity contribution is 7.92. The van der Waals surface area contributed by atoms with Gasteiger partial charge in [-0.3, -0.25) is 10.1 Å². The Morgan fingerprint density at radius 1 is 1.06 bits per heavy atom. The van der Waals surface area contributed by atoms with Crippen molar-refractivity contribution in [3.63, 3.8) is 0 Å². The fraction of sp³-hybridized carbons (Fsp3) is 0.348. The Morgan fingerprint density at radius 3 is 2.33 bits per heavy atom. The summed E-state index contributed by atoms with van der Waals surface area (Å²) in [7, 11) is -7.38. The molecule has 0 aliphatic carbocycles. The Morgan fingerprint density at radius 2 is 1.69 bits per heavy atom. The van der Waals surface area contributed by atoms with E-state index in [9.17, 15) is 26.0 Å². The number of nitrogens with zero attached hydrogens (tertiary/aromatic N) is 3. The Balaban J connectivity index is 1.42. The Kier molecular flexibility index (Phi) is 7.25. The third-order valence-electron chi connectivity index (χ3n) is 5.85. The van der Waals surface area contributed by atoms with Gasteiger partial charge in [-0.05, 0) is 68.7 Å². The molecule has 1 aromatic heterocycles. The van der Waals surface area contributed by atoms with E-state index in [0.717, 1.165) is 34.1 Å². The van der Waals surface area contributed by atoms with E-state index >= 15 is 0 Å². The minimum absolute atomic E-state index is 0.101. The summed E-state index contributed by atoms with van der Waals surface area (Å²) in [6.45, 7) is 3.37. The lowest BCUT2D eigenvalue weighted by Crippen LogP contribution is -2.43. The lowest BCUT2D eigenvalue weighted by atomic mass is 10.1. The molecular formula is C23H25FN4O6S2. The van der Waals surface area contributed by atoms with Crippen LogP contribution in [0.4, 0.5) is 10.4 Å². The number of sulfone groups is 1. The summed E-state index contributed by atoms with van der Waals surface area (Å²) in [6.07, 6.45) is 0.994. The van der Waals surface area contributed by atoms with Crippen LogP contribution in [0.25, 0.3) is 0 Å². The van der Waals surface area contributed by atoms with Gasteiger partial charge in [-0.1, -0.05) is 17.2 Å². The van der Waals surface area contributed by atoms with Crippen molar-refractivity contribution in [2.75, 3.05) is 11.9 Å². The Hall–Kier alpha value is -3.16. The molecule has 0 spiro atoms. The zero-order valence-electron chi connectivity index (χ0n) is 19.6. The summed E-state index contributed by atoms with van der Waals surface area (Å²) in [5.41, 5.74) is 0.728. The molecule has 10 nitrogen and oxygen atoms in total. The fourth-order valence-electron chi connectivity index (χ4n) is 3.84. The molecule has 1 unspecified atom stereocenters. The third-order valence-corrected chi connectivity index (χ3v) is 9.94. The van der Waals surface area contributed by atoms with E-state index in [2.05, 4.69) is 15.5 Å². The maximum absolute atomic E-state index is 13.2. The van der Waals surface area contributed by atoms with Gasteiger partial charge in [0.25, 0.3) is 0 Å². The number of benzene rings is 2. The molecule has 1 fully saturated rings. The van der Waals surface area contributed by atoms with E-state index in [1.807, 2.05) is 0 Å². The quantitative estimate of drug-likeness (QED) is 0.464. The van der Waals surface area contributed by atoms with Gasteiger partial charge >= 0.3 is 6.01 Å². The second kappa shape index (κ2) is 10.1. The number of rotatable bonds is 8. The first-order chi connectivity index (χ1) is 17.0. The van der Waals surface area contributed by atoms with Crippen LogP contribution in [0.3, 0.4) is 0 Å². The SMILES string of the molecule is CC(C)S(=O)(=O)c1ccc(Cc2nnc(NC(=O)C3CCCN3S(=O)(=O)c3ccc(F)cc3)o2)cc1. The summed E-state index contributed by atoms with van der Waals surface area (Å²) >= 11 is 0. The summed E-state index contributed by atoms with van der Waals surface area (Å²) < 4.78 is 70.3. The zero-order valence-corrected chi connectivity index (χ0v) is 21.2. The monoisotopic (exact) mass is 536 g/mol. The van der Waals surface area contributed by atoms with Gasteiger partial charge in [-0.2, -0.15) is 4.31 Å². The van der Waals surface area contributed by atoms with Crippen LogP contribution in [0.5, 0.6) is 0 Å². The van der Waals surface area contributed by atoms with Crippen molar-refractivity contribution < 1.29 is 30.4 Å². The number of amides is 1. The molecular weight excluding hydrogens is 511 g/mol. The summed E-state index contributed by atoms with van der Waals surface area (Å²) in [5, 5.41) is 9.64. The second-order valence-corrected chi connectivity index (χ2v) is 13.0. The topological polar surface area (TPSA) is 140 Å². The van der Waals surface area contributed by atoms with Crippen LogP contribution in [0.15, 0.2) is 62.7 Å². The van der Waals surface area contributed by atoms with Gasteiger partial charge in [0.2, 0.25) is 21.8 Å². The smallest absolute Gasteiger partial charge is 0.322 e. The average molecular weight is 537 g/mol. The maximum Gasteiger partial charge on any atom is 0.322 e. The van der Waals surface area contributed by atoms with Gasteiger partial charge < -0.3 is 4.42 Å². The van der Waals surface area contributed by atoms with Gasteiger partial charge in [-0.15, -0.1) is 5.10 Å². The van der Waals surface area contributed by atoms with Crippen molar-refractivity contribution >= 4 is 31.8 Å².